The second-order valence-corrected chi connectivity index (χ2v) is 8.07. The summed E-state index contributed by atoms with van der Waals surface area (Å²) in [5.41, 5.74) is 8.17. The van der Waals surface area contributed by atoms with Gasteiger partial charge in [0.25, 0.3) is 0 Å². The minimum absolute atomic E-state index is 0.932. The van der Waals surface area contributed by atoms with Crippen molar-refractivity contribution in [1.82, 2.24) is 0 Å². The maximum Gasteiger partial charge on any atom is 0.136 e. The number of para-hydroxylation sites is 1. The molecule has 0 saturated carbocycles. The lowest BCUT2D eigenvalue weighted by Gasteiger charge is -2.12. The fraction of sp³-hybridized carbons (Fsp3) is 0.0667. The summed E-state index contributed by atoms with van der Waals surface area (Å²) in [6.45, 7) is 2.19. The molecule has 0 radical (unpaired) electrons. The summed E-state index contributed by atoms with van der Waals surface area (Å²) in [5, 5.41) is 4.86. The fourth-order valence-corrected chi connectivity index (χ4v) is 4.62. The van der Waals surface area contributed by atoms with E-state index in [4.69, 9.17) is 4.42 Å². The molecule has 0 atom stereocenters. The highest BCUT2D eigenvalue weighted by atomic mass is 16.3. The summed E-state index contributed by atoms with van der Waals surface area (Å²) in [5.74, 6) is 0. The zero-order valence-corrected chi connectivity index (χ0v) is 17.4. The number of benzene rings is 5. The van der Waals surface area contributed by atoms with Gasteiger partial charge in [0.05, 0.1) is 0 Å². The summed E-state index contributed by atoms with van der Waals surface area (Å²) in [6.07, 6.45) is 1.06. The van der Waals surface area contributed by atoms with Crippen LogP contribution in [0.1, 0.15) is 12.5 Å². The summed E-state index contributed by atoms with van der Waals surface area (Å²) < 4.78 is 6.14. The minimum Gasteiger partial charge on any atom is -0.456 e. The quantitative estimate of drug-likeness (QED) is 0.291. The Morgan fingerprint density at radius 1 is 0.516 bits per heavy atom. The van der Waals surface area contributed by atoms with Crippen molar-refractivity contribution in [3.8, 4) is 22.3 Å². The van der Waals surface area contributed by atoms with Crippen molar-refractivity contribution in [3.05, 3.63) is 109 Å². The molecule has 1 aromatic heterocycles. The summed E-state index contributed by atoms with van der Waals surface area (Å²) in [6, 6.07) is 36.9. The lowest BCUT2D eigenvalue weighted by Crippen LogP contribution is -1.87. The van der Waals surface area contributed by atoms with Crippen LogP contribution in [0.3, 0.4) is 0 Å². The molecular weight excluding hydrogens is 376 g/mol. The average Bonchev–Trinajstić information content (AvgIpc) is 3.21. The van der Waals surface area contributed by atoms with Crippen LogP contribution in [0.15, 0.2) is 108 Å². The third-order valence-corrected chi connectivity index (χ3v) is 6.29. The molecule has 1 nitrogen and oxygen atoms in total. The molecule has 0 amide bonds. The summed E-state index contributed by atoms with van der Waals surface area (Å²) in [7, 11) is 0. The summed E-state index contributed by atoms with van der Waals surface area (Å²) >= 11 is 0. The highest BCUT2D eigenvalue weighted by Gasteiger charge is 2.12. The molecule has 31 heavy (non-hydrogen) atoms. The molecule has 0 fully saturated rings. The van der Waals surface area contributed by atoms with E-state index in [0.29, 0.717) is 0 Å². The topological polar surface area (TPSA) is 13.1 Å². The minimum atomic E-state index is 0.932. The van der Waals surface area contributed by atoms with Crippen LogP contribution in [-0.4, -0.2) is 0 Å². The van der Waals surface area contributed by atoms with Crippen LogP contribution in [0, 0.1) is 0 Å². The van der Waals surface area contributed by atoms with Gasteiger partial charge in [-0.25, -0.2) is 0 Å². The van der Waals surface area contributed by atoms with Gasteiger partial charge in [0.2, 0.25) is 0 Å². The van der Waals surface area contributed by atoms with Gasteiger partial charge in [0.1, 0.15) is 11.2 Å². The van der Waals surface area contributed by atoms with E-state index in [1.807, 2.05) is 12.1 Å². The Hall–Kier alpha value is -3.84. The smallest absolute Gasteiger partial charge is 0.136 e. The SMILES string of the molecule is CCc1ccc(-c2ccc(-c3ccc4c(c3)oc3ccccc34)c3ccccc23)cc1. The van der Waals surface area contributed by atoms with Crippen molar-refractivity contribution in [2.24, 2.45) is 0 Å². The van der Waals surface area contributed by atoms with Gasteiger partial charge < -0.3 is 4.42 Å². The number of furan rings is 1. The molecule has 0 N–H and O–H groups in total. The van der Waals surface area contributed by atoms with Crippen molar-refractivity contribution in [3.63, 3.8) is 0 Å². The number of fused-ring (bicyclic) bond motifs is 4. The number of hydrogen-bond acceptors (Lipinski definition) is 1. The molecule has 0 saturated heterocycles. The van der Waals surface area contributed by atoms with E-state index in [0.717, 1.165) is 23.0 Å². The standard InChI is InChI=1S/C30H22O/c1-2-20-11-13-21(14-12-20)23-17-18-24(26-8-4-3-7-25(23)26)22-15-16-28-27-9-5-6-10-29(27)31-30(28)19-22/h3-19H,2H2,1H3. The largest absolute Gasteiger partial charge is 0.456 e. The Balaban J connectivity index is 1.54. The van der Waals surface area contributed by atoms with Crippen molar-refractivity contribution in [2.75, 3.05) is 0 Å². The lowest BCUT2D eigenvalue weighted by atomic mass is 9.91. The average molecular weight is 399 g/mol. The van der Waals surface area contributed by atoms with Crippen LogP contribution in [0.4, 0.5) is 0 Å². The molecule has 0 aliphatic carbocycles. The second kappa shape index (κ2) is 7.14. The maximum absolute atomic E-state index is 6.14. The molecule has 148 valence electrons. The van der Waals surface area contributed by atoms with E-state index in [9.17, 15) is 0 Å². The third-order valence-electron chi connectivity index (χ3n) is 6.29. The van der Waals surface area contributed by atoms with Gasteiger partial charge in [-0.15, -0.1) is 0 Å². The molecule has 6 aromatic rings. The first kappa shape index (κ1) is 18.0. The molecule has 0 aliphatic rings. The van der Waals surface area contributed by atoms with Crippen LogP contribution in [-0.2, 0) is 6.42 Å². The monoisotopic (exact) mass is 398 g/mol. The van der Waals surface area contributed by atoms with E-state index in [1.165, 1.54) is 44.0 Å². The van der Waals surface area contributed by atoms with Crippen molar-refractivity contribution >= 4 is 32.7 Å². The molecule has 5 aromatic carbocycles. The van der Waals surface area contributed by atoms with Crippen molar-refractivity contribution in [2.45, 2.75) is 13.3 Å². The normalized spacial score (nSPS) is 11.5. The fourth-order valence-electron chi connectivity index (χ4n) is 4.62. The molecule has 1 heterocycles. The molecule has 0 bridgehead atoms. The molecular formula is C30H22O. The van der Waals surface area contributed by atoms with Crippen LogP contribution in [0.5, 0.6) is 0 Å². The molecule has 1 heteroatoms. The first-order valence-corrected chi connectivity index (χ1v) is 10.8. The van der Waals surface area contributed by atoms with E-state index in [2.05, 4.69) is 97.9 Å². The van der Waals surface area contributed by atoms with Gasteiger partial charge >= 0.3 is 0 Å². The predicted molar refractivity (Wildman–Crippen MR) is 131 cm³/mol. The molecule has 0 spiro atoms. The predicted octanol–water partition coefficient (Wildman–Crippen LogP) is 8.64. The van der Waals surface area contributed by atoms with Crippen LogP contribution >= 0.6 is 0 Å². The molecule has 0 unspecified atom stereocenters. The van der Waals surface area contributed by atoms with E-state index in [-0.39, 0.29) is 0 Å². The van der Waals surface area contributed by atoms with Crippen LogP contribution in [0.2, 0.25) is 0 Å². The first-order valence-electron chi connectivity index (χ1n) is 10.8. The van der Waals surface area contributed by atoms with Gasteiger partial charge in [-0.2, -0.15) is 0 Å². The Bertz CT molecular complexity index is 1550. The molecule has 0 aliphatic heterocycles. The zero-order chi connectivity index (χ0) is 20.8. The molecule has 6 rings (SSSR count). The van der Waals surface area contributed by atoms with E-state index in [1.54, 1.807) is 0 Å². The highest BCUT2D eigenvalue weighted by Crippen LogP contribution is 2.38. The van der Waals surface area contributed by atoms with Gasteiger partial charge in [-0.05, 0) is 63.2 Å². The van der Waals surface area contributed by atoms with E-state index < -0.39 is 0 Å². The van der Waals surface area contributed by atoms with Gasteiger partial charge in [0.15, 0.2) is 0 Å². The van der Waals surface area contributed by atoms with Gasteiger partial charge in [-0.3, -0.25) is 0 Å². The highest BCUT2D eigenvalue weighted by molar-refractivity contribution is 6.08. The lowest BCUT2D eigenvalue weighted by molar-refractivity contribution is 0.669. The third kappa shape index (κ3) is 2.93. The Morgan fingerprint density at radius 2 is 1.10 bits per heavy atom. The Kier molecular flexibility index (Phi) is 4.14. The van der Waals surface area contributed by atoms with Crippen LogP contribution < -0.4 is 0 Å². The first-order chi connectivity index (χ1) is 15.3. The maximum atomic E-state index is 6.14. The number of hydrogen-bond donors (Lipinski definition) is 0. The van der Waals surface area contributed by atoms with Gasteiger partial charge in [0, 0.05) is 10.8 Å². The van der Waals surface area contributed by atoms with Crippen molar-refractivity contribution in [1.29, 1.82) is 0 Å². The number of aryl methyl sites for hydroxylation is 1. The second-order valence-electron chi connectivity index (χ2n) is 8.07. The van der Waals surface area contributed by atoms with Gasteiger partial charge in [-0.1, -0.05) is 91.9 Å². The summed E-state index contributed by atoms with van der Waals surface area (Å²) in [4.78, 5) is 0. The van der Waals surface area contributed by atoms with Crippen molar-refractivity contribution < 1.29 is 4.42 Å². The van der Waals surface area contributed by atoms with E-state index >= 15 is 0 Å². The Morgan fingerprint density at radius 3 is 1.81 bits per heavy atom. The zero-order valence-electron chi connectivity index (χ0n) is 17.4. The number of rotatable bonds is 3. The van der Waals surface area contributed by atoms with Crippen LogP contribution in [0.25, 0.3) is 55.0 Å². The Labute approximate surface area is 181 Å².